The van der Waals surface area contributed by atoms with E-state index in [1.165, 1.54) is 4.90 Å². The molecule has 1 aliphatic heterocycles. The van der Waals surface area contributed by atoms with Crippen LogP contribution in [0.2, 0.25) is 0 Å². The molecule has 0 aromatic heterocycles. The van der Waals surface area contributed by atoms with Crippen LogP contribution in [0.5, 0.6) is 5.75 Å². The van der Waals surface area contributed by atoms with E-state index in [4.69, 9.17) is 4.74 Å². The first-order valence-electron chi connectivity index (χ1n) is 13.5. The number of likely N-dealkylation sites (N-methyl/N-ethyl adjacent to an activating group) is 1. The summed E-state index contributed by atoms with van der Waals surface area (Å²) in [7, 11) is 1.67. The van der Waals surface area contributed by atoms with Crippen LogP contribution in [0.25, 0.3) is 0 Å². The van der Waals surface area contributed by atoms with Crippen LogP contribution in [-0.4, -0.2) is 88.5 Å². The van der Waals surface area contributed by atoms with Crippen LogP contribution in [0.15, 0.2) is 24.3 Å². The van der Waals surface area contributed by atoms with Gasteiger partial charge in [-0.25, -0.2) is 0 Å². The molecule has 0 aliphatic carbocycles. The van der Waals surface area contributed by atoms with Gasteiger partial charge in [0.05, 0.1) is 11.7 Å². The molecule has 1 heterocycles. The van der Waals surface area contributed by atoms with Gasteiger partial charge in [0.1, 0.15) is 17.8 Å². The number of aliphatic hydroxyl groups excluding tert-OH is 1. The van der Waals surface area contributed by atoms with Crippen molar-refractivity contribution in [3.8, 4) is 5.75 Å². The third-order valence-electron chi connectivity index (χ3n) is 6.39. The molecule has 218 valence electrons. The summed E-state index contributed by atoms with van der Waals surface area (Å²) in [5.74, 6) is -1.32. The Balaban J connectivity index is 2.28. The van der Waals surface area contributed by atoms with Crippen LogP contribution in [0, 0.1) is 5.41 Å². The molecule has 3 N–H and O–H groups in total. The molecule has 10 heteroatoms. The molecular weight excluding hydrogens is 500 g/mol. The van der Waals surface area contributed by atoms with Gasteiger partial charge in [0.2, 0.25) is 11.8 Å². The molecular formula is C29H46N4O6. The number of hydrogen-bond acceptors (Lipinski definition) is 6. The van der Waals surface area contributed by atoms with Gasteiger partial charge in [0.15, 0.2) is 6.61 Å². The fourth-order valence-corrected chi connectivity index (χ4v) is 4.41. The maximum Gasteiger partial charge on any atom is 0.258 e. The average molecular weight is 547 g/mol. The van der Waals surface area contributed by atoms with Gasteiger partial charge in [-0.3, -0.25) is 19.2 Å². The van der Waals surface area contributed by atoms with Gasteiger partial charge in [0.25, 0.3) is 11.8 Å². The van der Waals surface area contributed by atoms with E-state index in [-0.39, 0.29) is 54.2 Å². The normalized spacial score (nSPS) is 18.5. The maximum atomic E-state index is 13.8. The number of nitrogens with one attached hydrogen (secondary N) is 2. The number of carbonyl (C=O) groups excluding carboxylic acids is 4. The Hall–Kier alpha value is -3.14. The van der Waals surface area contributed by atoms with Crippen molar-refractivity contribution in [2.75, 3.05) is 20.2 Å². The van der Waals surface area contributed by atoms with E-state index in [0.29, 0.717) is 6.42 Å². The van der Waals surface area contributed by atoms with E-state index in [0.717, 1.165) is 0 Å². The second kappa shape index (κ2) is 12.8. The SMILES string of the molecule is CC(C)N(C)C(=O)[C@H]1C[C@H](O)CN1C(=O)[C@@H](CC(C)(C)C)NC(=O)c1ccccc1OCC(=O)NC(C)(C)C. The Kier molecular flexibility index (Phi) is 10.5. The first kappa shape index (κ1) is 32.1. The summed E-state index contributed by atoms with van der Waals surface area (Å²) in [6.45, 7) is 14.9. The van der Waals surface area contributed by atoms with Gasteiger partial charge in [-0.1, -0.05) is 32.9 Å². The first-order chi connectivity index (χ1) is 17.9. The van der Waals surface area contributed by atoms with Crippen molar-refractivity contribution >= 4 is 23.6 Å². The summed E-state index contributed by atoms with van der Waals surface area (Å²) in [6.07, 6.45) is -0.379. The van der Waals surface area contributed by atoms with Crippen LogP contribution in [-0.2, 0) is 14.4 Å². The monoisotopic (exact) mass is 546 g/mol. The fraction of sp³-hybridized carbons (Fsp3) is 0.655. The van der Waals surface area contributed by atoms with Crippen LogP contribution >= 0.6 is 0 Å². The number of rotatable bonds is 9. The van der Waals surface area contributed by atoms with Crippen molar-refractivity contribution in [3.63, 3.8) is 0 Å². The number of amides is 4. The molecule has 39 heavy (non-hydrogen) atoms. The Labute approximate surface area is 232 Å². The third kappa shape index (κ3) is 9.53. The predicted molar refractivity (Wildman–Crippen MR) is 149 cm³/mol. The number of nitrogens with zero attached hydrogens (tertiary/aromatic N) is 2. The lowest BCUT2D eigenvalue weighted by Gasteiger charge is -2.34. The maximum absolute atomic E-state index is 13.8. The standard InChI is InChI=1S/C29H46N4O6/c1-18(2)32(9)27(38)22-14-19(34)16-33(22)26(37)21(15-28(3,4)5)30-25(36)20-12-10-11-13-23(20)39-17-24(35)31-29(6,7)8/h10-13,18-19,21-22,34H,14-17H2,1-9H3,(H,30,36)(H,31,35)/t19-,21+,22+/m0/s1. The lowest BCUT2D eigenvalue weighted by Crippen LogP contribution is -2.55. The molecule has 10 nitrogen and oxygen atoms in total. The van der Waals surface area contributed by atoms with Crippen molar-refractivity contribution < 1.29 is 29.0 Å². The molecule has 3 atom stereocenters. The van der Waals surface area contributed by atoms with Crippen molar-refractivity contribution in [1.82, 2.24) is 20.4 Å². The quantitative estimate of drug-likeness (QED) is 0.436. The summed E-state index contributed by atoms with van der Waals surface area (Å²) in [5.41, 5.74) is -0.577. The zero-order valence-corrected chi connectivity index (χ0v) is 24.8. The van der Waals surface area contributed by atoms with Gasteiger partial charge < -0.3 is 30.3 Å². The second-order valence-electron chi connectivity index (χ2n) is 12.8. The largest absolute Gasteiger partial charge is 0.483 e. The number of hydrogen-bond donors (Lipinski definition) is 3. The van der Waals surface area contributed by atoms with Gasteiger partial charge in [-0.15, -0.1) is 0 Å². The molecule has 1 saturated heterocycles. The minimum Gasteiger partial charge on any atom is -0.483 e. The Morgan fingerprint density at radius 1 is 1.10 bits per heavy atom. The number of ether oxygens (including phenoxy) is 1. The Morgan fingerprint density at radius 2 is 1.72 bits per heavy atom. The van der Waals surface area contributed by atoms with Crippen LogP contribution < -0.4 is 15.4 Å². The van der Waals surface area contributed by atoms with Crippen molar-refractivity contribution in [1.29, 1.82) is 0 Å². The molecule has 0 bridgehead atoms. The fourth-order valence-electron chi connectivity index (χ4n) is 4.41. The van der Waals surface area contributed by atoms with Crippen LogP contribution in [0.4, 0.5) is 0 Å². The molecule has 2 rings (SSSR count). The molecule has 1 aliphatic rings. The lowest BCUT2D eigenvalue weighted by molar-refractivity contribution is -0.145. The summed E-state index contributed by atoms with van der Waals surface area (Å²) in [4.78, 5) is 55.6. The van der Waals surface area contributed by atoms with E-state index in [1.54, 1.807) is 36.2 Å². The van der Waals surface area contributed by atoms with Crippen molar-refractivity contribution in [2.45, 2.75) is 98.0 Å². The number of benzene rings is 1. The molecule has 1 aromatic carbocycles. The van der Waals surface area contributed by atoms with Gasteiger partial charge in [0, 0.05) is 31.6 Å². The molecule has 0 radical (unpaired) electrons. The minimum absolute atomic E-state index is 0.0142. The van der Waals surface area contributed by atoms with Gasteiger partial charge in [-0.2, -0.15) is 0 Å². The van der Waals surface area contributed by atoms with E-state index in [9.17, 15) is 24.3 Å². The molecule has 0 saturated carbocycles. The smallest absolute Gasteiger partial charge is 0.258 e. The number of para-hydroxylation sites is 1. The third-order valence-corrected chi connectivity index (χ3v) is 6.39. The lowest BCUT2D eigenvalue weighted by atomic mass is 9.87. The molecule has 1 fully saturated rings. The van der Waals surface area contributed by atoms with Crippen molar-refractivity contribution in [3.05, 3.63) is 29.8 Å². The van der Waals surface area contributed by atoms with Crippen LogP contribution in [0.1, 0.15) is 78.6 Å². The van der Waals surface area contributed by atoms with Gasteiger partial charge >= 0.3 is 0 Å². The van der Waals surface area contributed by atoms with Gasteiger partial charge in [-0.05, 0) is 58.6 Å². The summed E-state index contributed by atoms with van der Waals surface area (Å²) in [6, 6.07) is 4.70. The number of β-amino-alcohol motifs (C(OH)–C–C–N with tert-alkyl or cyclic N) is 1. The van der Waals surface area contributed by atoms with E-state index in [1.807, 2.05) is 55.4 Å². The van der Waals surface area contributed by atoms with E-state index < -0.39 is 35.5 Å². The number of likely N-dealkylation sites (tertiary alicyclic amines) is 1. The van der Waals surface area contributed by atoms with Crippen molar-refractivity contribution in [2.24, 2.45) is 5.41 Å². The highest BCUT2D eigenvalue weighted by molar-refractivity contribution is 6.00. The van der Waals surface area contributed by atoms with E-state index >= 15 is 0 Å². The minimum atomic E-state index is -0.945. The number of aliphatic hydroxyl groups is 1. The summed E-state index contributed by atoms with van der Waals surface area (Å²) in [5, 5.41) is 16.0. The second-order valence-corrected chi connectivity index (χ2v) is 12.8. The summed E-state index contributed by atoms with van der Waals surface area (Å²) >= 11 is 0. The topological polar surface area (TPSA) is 128 Å². The Morgan fingerprint density at radius 3 is 2.28 bits per heavy atom. The average Bonchev–Trinajstić information content (AvgIpc) is 3.20. The zero-order chi connectivity index (χ0) is 29.7. The highest BCUT2D eigenvalue weighted by atomic mass is 16.5. The zero-order valence-electron chi connectivity index (χ0n) is 24.8. The Bertz CT molecular complexity index is 1040. The predicted octanol–water partition coefficient (Wildman–Crippen LogP) is 2.34. The highest BCUT2D eigenvalue weighted by Gasteiger charge is 2.43. The first-order valence-corrected chi connectivity index (χ1v) is 13.5. The molecule has 0 spiro atoms. The van der Waals surface area contributed by atoms with Crippen LogP contribution in [0.3, 0.4) is 0 Å². The number of carbonyl (C=O) groups is 4. The molecule has 0 unspecified atom stereocenters. The highest BCUT2D eigenvalue weighted by Crippen LogP contribution is 2.27. The van der Waals surface area contributed by atoms with E-state index in [2.05, 4.69) is 10.6 Å². The summed E-state index contributed by atoms with van der Waals surface area (Å²) < 4.78 is 5.67. The molecule has 4 amide bonds. The molecule has 1 aromatic rings.